The average molecular weight is 1960 g/mol. The largest absolute Gasteiger partial charge is 0.493 e. The molecule has 4 saturated heterocycles. The van der Waals surface area contributed by atoms with Crippen molar-refractivity contribution < 1.29 is 106 Å². The summed E-state index contributed by atoms with van der Waals surface area (Å²) in [6, 6.07) is 3.03. The lowest BCUT2D eigenvalue weighted by atomic mass is 9.46. The molecule has 0 bridgehead atoms. The summed E-state index contributed by atoms with van der Waals surface area (Å²) in [5.74, 6) is 4.18. The van der Waals surface area contributed by atoms with Crippen LogP contribution >= 0.6 is 11.3 Å². The zero-order valence-corrected chi connectivity index (χ0v) is 85.1. The molecule has 4 aromatic heterocycles. The molecule has 0 amide bonds. The molecule has 0 spiro atoms. The van der Waals surface area contributed by atoms with Gasteiger partial charge >= 0.3 is 17.9 Å². The normalized spacial score (nSPS) is 37.4. The lowest BCUT2D eigenvalue weighted by Gasteiger charge is -2.63. The van der Waals surface area contributed by atoms with Gasteiger partial charge in [0.25, 0.3) is 18.5 Å². The van der Waals surface area contributed by atoms with E-state index in [0.29, 0.717) is 127 Å². The van der Waals surface area contributed by atoms with Gasteiger partial charge in [0, 0.05) is 74.6 Å². The lowest BCUT2D eigenvalue weighted by molar-refractivity contribution is -0.316. The average Bonchev–Trinajstić information content (AvgIpc) is 0.886. The van der Waals surface area contributed by atoms with Crippen LogP contribution in [0, 0.1) is 114 Å². The summed E-state index contributed by atoms with van der Waals surface area (Å²) in [6.07, 6.45) is 48.7. The van der Waals surface area contributed by atoms with E-state index in [-0.39, 0.29) is 141 Å². The third kappa shape index (κ3) is 21.0. The molecule has 27 nitrogen and oxygen atoms in total. The number of ether oxygens (including phenoxy) is 14. The number of aromatic nitrogens is 4. The van der Waals surface area contributed by atoms with Crippen LogP contribution in [0.25, 0.3) is 0 Å². The molecule has 24 atom stereocenters. The van der Waals surface area contributed by atoms with Crippen molar-refractivity contribution in [2.45, 2.75) is 343 Å². The van der Waals surface area contributed by atoms with Crippen LogP contribution < -0.4 is 34.0 Å². The summed E-state index contributed by atoms with van der Waals surface area (Å²) in [6.45, 7) is 42.5. The number of fused-ring (bicyclic) bond motifs is 12. The lowest BCUT2D eigenvalue weighted by Crippen LogP contribution is -2.62. The Balaban J connectivity index is 0.000000129. The second kappa shape index (κ2) is 43.8. The number of aliphatic carboxylic acids is 1. The Morgan fingerprint density at radius 2 is 0.771 bits per heavy atom. The van der Waals surface area contributed by atoms with E-state index in [0.717, 1.165) is 147 Å². The van der Waals surface area contributed by atoms with Crippen LogP contribution in [0.2, 0.25) is 0 Å². The van der Waals surface area contributed by atoms with Crippen molar-refractivity contribution in [3.05, 3.63) is 124 Å². The van der Waals surface area contributed by atoms with E-state index in [1.54, 1.807) is 11.4 Å². The number of allylic oxidation sites excluding steroid dienone is 4. The maximum atomic E-state index is 12.2. The van der Waals surface area contributed by atoms with Crippen molar-refractivity contribution >= 4 is 42.2 Å². The van der Waals surface area contributed by atoms with Gasteiger partial charge in [-0.1, -0.05) is 155 Å². The van der Waals surface area contributed by atoms with Gasteiger partial charge in [-0.3, -0.25) is 24.2 Å². The highest BCUT2D eigenvalue weighted by Gasteiger charge is 2.66. The Kier molecular flexibility index (Phi) is 32.4. The standard InChI is InChI=1S/C29H39NO7.C29H41NO6.C27H38N2O5.C27H38O5S/c1-18-8-9-23-28(2,12-10-24-29(23,3)16-35-27(37-24)19-6-4-5-7-19)21(18)11-13-34-25-20(26(32)33)14-30-15-22(25)36-17-31;1-19-8-9-23-28(2,13-10-24-29(23,3)18-35-27(36-24)20-6-4-5-7-20)22(19)12-15-34-21-11-14-30(17-26(32)33)25(31)16-21;1-17-8-9-21-26(2,20(17)11-13-32-19-14-28-23(24(30)31)29-15-19)12-10-22-27(21,3)16-33-25(34-22)18-6-4-5-7-18;1-18-8-9-23-26(2,20(18)11-13-29-21-14-33-15-22(21)31-17-28)12-10-24-27(23,3)16-30-25(32-24)19-6-4-5-7-19/h14-15,17,19,21,23-24,27H,1,4-13,16H2,2-3H3,(H,32,33);11,14,16,20,22-24,27H,1,4-10,12-13,15,17-18H2,2-3H3,(H,32,33);14-15,18,20-22,25H,1,4-13,16H2,2-3H3,(H,30,31);14-15,17,19-20,23-25H,1,4-13,16H2,2-3H3/t21-,23?,24-,27-,28+,29+;22-,23?,24-,27-,28+,29+;20-,21?,22-,25-,26+,27+;20-,23?,24-,25-,26+,27+/m1111/s1. The molecule has 12 saturated carbocycles. The van der Waals surface area contributed by atoms with E-state index in [1.807, 2.05) is 5.38 Å². The Morgan fingerprint density at radius 3 is 1.11 bits per heavy atom. The predicted molar refractivity (Wildman–Crippen MR) is 526 cm³/mol. The number of carboxylic acids is 3. The molecule has 140 heavy (non-hydrogen) atoms. The molecular weight excluding hydrogens is 1800 g/mol. The molecule has 0 aromatic carbocycles. The van der Waals surface area contributed by atoms with Crippen molar-refractivity contribution in [1.29, 1.82) is 0 Å². The summed E-state index contributed by atoms with van der Waals surface area (Å²) in [5.41, 5.74) is 5.20. The highest BCUT2D eigenvalue weighted by Crippen LogP contribution is 2.69. The number of carbonyl (C=O) groups excluding carboxylic acids is 2. The first-order valence-corrected chi connectivity index (χ1v) is 53.9. The minimum absolute atomic E-state index is 0.00259. The molecule has 0 radical (unpaired) electrons. The van der Waals surface area contributed by atoms with Crippen molar-refractivity contribution in [3.63, 3.8) is 0 Å². The number of hydrogen-bond donors (Lipinski definition) is 3. The molecule has 4 aromatic rings. The number of nitrogens with zero attached hydrogens (tertiary/aromatic N) is 4. The first-order valence-electron chi connectivity index (χ1n) is 53.0. The summed E-state index contributed by atoms with van der Waals surface area (Å²) in [5, 5.41) is 31.2. The number of carboxylic acid groups (broad SMARTS) is 3. The fraction of sp³-hybridized carbons (Fsp3) is 0.723. The van der Waals surface area contributed by atoms with Gasteiger partial charge in [-0.2, -0.15) is 0 Å². The minimum atomic E-state index is -1.19. The number of pyridine rings is 2. The van der Waals surface area contributed by atoms with E-state index >= 15 is 0 Å². The number of hydrogen-bond acceptors (Lipinski definition) is 24. The molecule has 16 aliphatic rings. The molecule has 20 rings (SSSR count). The third-order valence-corrected chi connectivity index (χ3v) is 39.3. The van der Waals surface area contributed by atoms with Crippen LogP contribution in [0.5, 0.6) is 34.5 Å². The van der Waals surface area contributed by atoms with E-state index in [2.05, 4.69) is 96.7 Å². The highest BCUT2D eigenvalue weighted by atomic mass is 32.1. The maximum Gasteiger partial charge on any atom is 0.373 e. The molecule has 3 N–H and O–H groups in total. The number of rotatable bonds is 28. The Morgan fingerprint density at radius 1 is 0.429 bits per heavy atom. The van der Waals surface area contributed by atoms with Crippen LogP contribution in [-0.4, -0.2) is 168 Å². The smallest absolute Gasteiger partial charge is 0.373 e. The first-order chi connectivity index (χ1) is 67.2. The molecule has 4 aliphatic heterocycles. The summed E-state index contributed by atoms with van der Waals surface area (Å²) in [7, 11) is 0. The van der Waals surface area contributed by atoms with Crippen LogP contribution in [0.1, 0.15) is 308 Å². The quantitative estimate of drug-likeness (QED) is 0.0351. The predicted octanol–water partition coefficient (Wildman–Crippen LogP) is 22.1. The topological polar surface area (TPSA) is 336 Å². The van der Waals surface area contributed by atoms with Crippen LogP contribution in [0.15, 0.2) is 107 Å². The Bertz CT molecular complexity index is 5100. The molecule has 8 heterocycles. The van der Waals surface area contributed by atoms with Crippen molar-refractivity contribution in [3.8, 4) is 34.5 Å². The summed E-state index contributed by atoms with van der Waals surface area (Å²) >= 11 is 1.48. The van der Waals surface area contributed by atoms with Gasteiger partial charge in [0.15, 0.2) is 53.9 Å². The van der Waals surface area contributed by atoms with Crippen LogP contribution in [-0.2, 0) is 58.8 Å². The number of carbonyl (C=O) groups is 5. The fourth-order valence-electron chi connectivity index (χ4n) is 31.3. The van der Waals surface area contributed by atoms with Gasteiger partial charge in [0.1, 0.15) is 17.9 Å². The van der Waals surface area contributed by atoms with Crippen molar-refractivity contribution in [2.24, 2.45) is 114 Å². The second-order valence-electron chi connectivity index (χ2n) is 46.5. The summed E-state index contributed by atoms with van der Waals surface area (Å²) in [4.78, 5) is 79.0. The molecule has 768 valence electrons. The van der Waals surface area contributed by atoms with Crippen molar-refractivity contribution in [1.82, 2.24) is 19.5 Å². The van der Waals surface area contributed by atoms with Gasteiger partial charge in [0.05, 0.1) is 95.9 Å². The first kappa shape index (κ1) is 103. The maximum absolute atomic E-state index is 12.2. The minimum Gasteiger partial charge on any atom is -0.493 e. The van der Waals surface area contributed by atoms with E-state index in [9.17, 15) is 33.9 Å². The Hall–Kier alpha value is -7.93. The Labute approximate surface area is 831 Å². The SMILES string of the molecule is C=C1CCC2[C@]3(C)CO[C@@H](C4CCCC4)O[C@@H]3CC[C@@]2(C)[C@@H]1CCOc1c(OC=O)cncc1C(=O)O.C=C1CCC2[C@]3(C)CO[C@@H](C4CCCC4)O[C@@H]3CC[C@@]2(C)[C@@H]1CCOc1ccn(CC(=O)O)c(=O)c1.C=C1CCC2[C@]3(C)CO[C@@H](C4CCCC4)O[C@@H]3CC[C@@]2(C)[C@@H]1CCOc1cnc(C(=O)O)nc1.C=C1CCC2[C@]3(C)CO[C@@H](C4CCCC4)O[C@@H]3CC[C@@]2(C)[C@@H]1CCOc1cscc1OC=O. The number of aromatic carboxylic acids is 2. The van der Waals surface area contributed by atoms with Gasteiger partial charge in [-0.15, -0.1) is 11.3 Å². The van der Waals surface area contributed by atoms with Crippen molar-refractivity contribution in [2.75, 3.05) is 52.9 Å². The molecule has 28 heteroatoms. The van der Waals surface area contributed by atoms with Crippen LogP contribution in [0.4, 0.5) is 0 Å². The third-order valence-electron chi connectivity index (χ3n) is 38.6. The zero-order chi connectivity index (χ0) is 98.7. The van der Waals surface area contributed by atoms with E-state index in [1.165, 1.54) is 180 Å². The van der Waals surface area contributed by atoms with Gasteiger partial charge in [0.2, 0.25) is 5.82 Å². The zero-order valence-electron chi connectivity index (χ0n) is 84.2. The fourth-order valence-corrected chi connectivity index (χ4v) is 32.0. The van der Waals surface area contributed by atoms with Gasteiger partial charge in [-0.05, 0) is 255 Å². The highest BCUT2D eigenvalue weighted by molar-refractivity contribution is 7.08. The van der Waals surface area contributed by atoms with Crippen LogP contribution in [0.3, 0.4) is 0 Å². The second-order valence-corrected chi connectivity index (χ2v) is 47.2. The summed E-state index contributed by atoms with van der Waals surface area (Å²) < 4.78 is 87.5. The molecule has 4 unspecified atom stereocenters. The number of thiophene rings is 1. The van der Waals surface area contributed by atoms with Gasteiger partial charge < -0.3 is 86.2 Å². The molecular formula is C112H156N4O23S. The molecule has 12 aliphatic carbocycles. The monoisotopic (exact) mass is 1960 g/mol. The van der Waals surface area contributed by atoms with E-state index < -0.39 is 17.9 Å². The van der Waals surface area contributed by atoms with Gasteiger partial charge in [-0.25, -0.2) is 19.6 Å². The van der Waals surface area contributed by atoms with E-state index in [4.69, 9.17) is 76.5 Å². The molecule has 16 fully saturated rings.